The molecule has 1 aromatic heterocycles. The minimum Gasteiger partial charge on any atom is -0.398 e. The fraction of sp³-hybridized carbons (Fsp3) is 0.0714. The molecule has 0 aliphatic carbocycles. The van der Waals surface area contributed by atoms with Crippen LogP contribution in [0.25, 0.3) is 17.1 Å². The average molecular weight is 409 g/mol. The highest BCUT2D eigenvalue weighted by Gasteiger charge is 2.14. The van der Waals surface area contributed by atoms with Crippen molar-refractivity contribution in [2.24, 2.45) is 0 Å². The Morgan fingerprint density at radius 2 is 1.81 bits per heavy atom. The van der Waals surface area contributed by atoms with Gasteiger partial charge in [0.1, 0.15) is 0 Å². The molecule has 21 heavy (non-hydrogen) atoms. The van der Waals surface area contributed by atoms with E-state index in [2.05, 4.69) is 47.4 Å². The molecule has 0 saturated heterocycles. The quantitative estimate of drug-likeness (QED) is 0.655. The molecule has 0 unspecified atom stereocenters. The normalized spacial score (nSPS) is 10.8. The molecule has 0 aliphatic heterocycles. The first-order valence-electron chi connectivity index (χ1n) is 6.16. The van der Waals surface area contributed by atoms with Crippen molar-refractivity contribution in [3.05, 3.63) is 50.9 Å². The SMILES string of the molecule is Cc1ccc(Br)c(-n2nnnc2-c2ccc(Br)c(N)c2)c1. The van der Waals surface area contributed by atoms with Crippen molar-refractivity contribution >= 4 is 37.5 Å². The van der Waals surface area contributed by atoms with Gasteiger partial charge < -0.3 is 5.73 Å². The van der Waals surface area contributed by atoms with Gasteiger partial charge in [0.2, 0.25) is 0 Å². The maximum Gasteiger partial charge on any atom is 0.187 e. The highest BCUT2D eigenvalue weighted by molar-refractivity contribution is 9.11. The van der Waals surface area contributed by atoms with Crippen LogP contribution in [0.3, 0.4) is 0 Å². The Morgan fingerprint density at radius 1 is 1.05 bits per heavy atom. The first kappa shape index (κ1) is 14.2. The van der Waals surface area contributed by atoms with Gasteiger partial charge in [-0.3, -0.25) is 0 Å². The van der Waals surface area contributed by atoms with Crippen LogP contribution in [0.5, 0.6) is 0 Å². The molecule has 106 valence electrons. The molecule has 0 bridgehead atoms. The Bertz CT molecular complexity index is 813. The summed E-state index contributed by atoms with van der Waals surface area (Å²) in [7, 11) is 0. The van der Waals surface area contributed by atoms with Crippen LogP contribution in [0.1, 0.15) is 5.56 Å². The zero-order valence-electron chi connectivity index (χ0n) is 11.1. The minimum absolute atomic E-state index is 0.639. The number of anilines is 1. The van der Waals surface area contributed by atoms with Crippen LogP contribution >= 0.6 is 31.9 Å². The van der Waals surface area contributed by atoms with Crippen LogP contribution < -0.4 is 5.73 Å². The van der Waals surface area contributed by atoms with Crippen LogP contribution in [-0.4, -0.2) is 20.2 Å². The minimum atomic E-state index is 0.639. The number of halogens is 2. The molecule has 0 atom stereocenters. The number of rotatable bonds is 2. The lowest BCUT2D eigenvalue weighted by Crippen LogP contribution is -2.02. The molecule has 2 N–H and O–H groups in total. The van der Waals surface area contributed by atoms with Gasteiger partial charge in [0.05, 0.1) is 5.69 Å². The van der Waals surface area contributed by atoms with Gasteiger partial charge in [-0.1, -0.05) is 6.07 Å². The lowest BCUT2D eigenvalue weighted by atomic mass is 10.2. The van der Waals surface area contributed by atoms with Gasteiger partial charge >= 0.3 is 0 Å². The Hall–Kier alpha value is -1.73. The summed E-state index contributed by atoms with van der Waals surface area (Å²) in [5.74, 6) is 0.639. The van der Waals surface area contributed by atoms with E-state index in [0.29, 0.717) is 11.5 Å². The Morgan fingerprint density at radius 3 is 2.57 bits per heavy atom. The number of benzene rings is 2. The first-order chi connectivity index (χ1) is 10.1. The molecule has 0 saturated carbocycles. The fourth-order valence-electron chi connectivity index (χ4n) is 2.00. The molecule has 1 heterocycles. The van der Waals surface area contributed by atoms with Crippen molar-refractivity contribution in [2.45, 2.75) is 6.92 Å². The molecule has 0 aliphatic rings. The number of aryl methyl sites for hydroxylation is 1. The highest BCUT2D eigenvalue weighted by Crippen LogP contribution is 2.29. The number of hydrogen-bond donors (Lipinski definition) is 1. The second-order valence-corrected chi connectivity index (χ2v) is 6.31. The second-order valence-electron chi connectivity index (χ2n) is 4.61. The fourth-order valence-corrected chi connectivity index (χ4v) is 2.66. The van der Waals surface area contributed by atoms with Crippen molar-refractivity contribution in [3.8, 4) is 17.1 Å². The molecule has 3 aromatic rings. The van der Waals surface area contributed by atoms with Gasteiger partial charge in [-0.2, -0.15) is 4.68 Å². The third-order valence-corrected chi connectivity index (χ3v) is 4.45. The Balaban J connectivity index is 2.17. The molecule has 0 spiro atoms. The van der Waals surface area contributed by atoms with Crippen LogP contribution in [0.4, 0.5) is 5.69 Å². The van der Waals surface area contributed by atoms with E-state index in [1.807, 2.05) is 43.3 Å². The van der Waals surface area contributed by atoms with Crippen molar-refractivity contribution in [1.29, 1.82) is 0 Å². The van der Waals surface area contributed by atoms with E-state index >= 15 is 0 Å². The first-order valence-corrected chi connectivity index (χ1v) is 7.75. The molecule has 7 heteroatoms. The summed E-state index contributed by atoms with van der Waals surface area (Å²) in [6, 6.07) is 11.7. The van der Waals surface area contributed by atoms with E-state index in [1.165, 1.54) is 0 Å². The molecule has 5 nitrogen and oxygen atoms in total. The molecule has 0 fully saturated rings. The number of tetrazole rings is 1. The van der Waals surface area contributed by atoms with Gasteiger partial charge in [0.15, 0.2) is 5.82 Å². The monoisotopic (exact) mass is 407 g/mol. The predicted octanol–water partition coefficient (Wildman–Crippen LogP) is 3.74. The second kappa shape index (κ2) is 5.57. The van der Waals surface area contributed by atoms with Crippen molar-refractivity contribution < 1.29 is 0 Å². The largest absolute Gasteiger partial charge is 0.398 e. The highest BCUT2D eigenvalue weighted by atomic mass is 79.9. The zero-order valence-corrected chi connectivity index (χ0v) is 14.3. The van der Waals surface area contributed by atoms with Crippen LogP contribution in [0.15, 0.2) is 45.3 Å². The van der Waals surface area contributed by atoms with Crippen LogP contribution in [0, 0.1) is 6.92 Å². The molecule has 0 amide bonds. The summed E-state index contributed by atoms with van der Waals surface area (Å²) in [5, 5.41) is 12.0. The molecule has 0 radical (unpaired) electrons. The summed E-state index contributed by atoms with van der Waals surface area (Å²) in [6.07, 6.45) is 0. The lowest BCUT2D eigenvalue weighted by molar-refractivity contribution is 0.788. The molecule has 3 rings (SSSR count). The number of hydrogen-bond acceptors (Lipinski definition) is 4. The molecule has 2 aromatic carbocycles. The summed E-state index contributed by atoms with van der Waals surface area (Å²) >= 11 is 6.92. The van der Waals surface area contributed by atoms with E-state index in [1.54, 1.807) is 4.68 Å². The topological polar surface area (TPSA) is 69.6 Å². The number of nitrogens with zero attached hydrogens (tertiary/aromatic N) is 4. The number of aromatic nitrogens is 4. The van der Waals surface area contributed by atoms with Gasteiger partial charge in [-0.25, -0.2) is 0 Å². The van der Waals surface area contributed by atoms with Gasteiger partial charge in [-0.05, 0) is 85.1 Å². The van der Waals surface area contributed by atoms with E-state index in [0.717, 1.165) is 25.8 Å². The summed E-state index contributed by atoms with van der Waals surface area (Å²) in [6.45, 7) is 2.03. The van der Waals surface area contributed by atoms with E-state index < -0.39 is 0 Å². The lowest BCUT2D eigenvalue weighted by Gasteiger charge is -2.08. The Kier molecular flexibility index (Phi) is 3.77. The third kappa shape index (κ3) is 2.71. The van der Waals surface area contributed by atoms with Gasteiger partial charge in [0.25, 0.3) is 0 Å². The van der Waals surface area contributed by atoms with Gasteiger partial charge in [-0.15, -0.1) is 5.10 Å². The van der Waals surface area contributed by atoms with Crippen molar-refractivity contribution in [2.75, 3.05) is 5.73 Å². The summed E-state index contributed by atoms with van der Waals surface area (Å²) in [5.41, 5.74) is 9.45. The molecular weight excluding hydrogens is 398 g/mol. The maximum absolute atomic E-state index is 5.94. The predicted molar refractivity (Wildman–Crippen MR) is 89.1 cm³/mol. The maximum atomic E-state index is 5.94. The number of nitrogen functional groups attached to an aromatic ring is 1. The van der Waals surface area contributed by atoms with Crippen LogP contribution in [-0.2, 0) is 0 Å². The van der Waals surface area contributed by atoms with E-state index in [9.17, 15) is 0 Å². The Labute approximate surface area is 138 Å². The number of nitrogens with two attached hydrogens (primary N) is 1. The molecular formula is C14H11Br2N5. The van der Waals surface area contributed by atoms with Crippen molar-refractivity contribution in [1.82, 2.24) is 20.2 Å². The summed E-state index contributed by atoms with van der Waals surface area (Å²) < 4.78 is 3.47. The van der Waals surface area contributed by atoms with Crippen molar-refractivity contribution in [3.63, 3.8) is 0 Å². The summed E-state index contributed by atoms with van der Waals surface area (Å²) in [4.78, 5) is 0. The zero-order chi connectivity index (χ0) is 15.0. The van der Waals surface area contributed by atoms with E-state index in [4.69, 9.17) is 5.73 Å². The van der Waals surface area contributed by atoms with E-state index in [-0.39, 0.29) is 0 Å². The van der Waals surface area contributed by atoms with Crippen LogP contribution in [0.2, 0.25) is 0 Å². The smallest absolute Gasteiger partial charge is 0.187 e. The third-order valence-electron chi connectivity index (χ3n) is 3.05. The van der Waals surface area contributed by atoms with Gasteiger partial charge in [0, 0.05) is 20.2 Å². The standard InChI is InChI=1S/C14H11Br2N5/c1-8-2-4-11(16)13(6-8)21-14(18-19-20-21)9-3-5-10(15)12(17)7-9/h2-7H,17H2,1H3. The average Bonchev–Trinajstić information content (AvgIpc) is 2.93.